The quantitative estimate of drug-likeness (QED) is 0.761. The summed E-state index contributed by atoms with van der Waals surface area (Å²) in [6.07, 6.45) is -0.0647. The molecule has 0 saturated carbocycles. The molecule has 1 heterocycles. The van der Waals surface area contributed by atoms with Gasteiger partial charge in [-0.05, 0) is 44.2 Å². The number of oxazole rings is 1. The number of hydrogen-bond acceptors (Lipinski definition) is 5. The molecule has 0 amide bonds. The minimum atomic E-state index is -3.77. The van der Waals surface area contributed by atoms with E-state index in [1.165, 1.54) is 12.1 Å². The van der Waals surface area contributed by atoms with Crippen molar-refractivity contribution in [1.82, 2.24) is 4.98 Å². The van der Waals surface area contributed by atoms with Crippen molar-refractivity contribution in [3.8, 4) is 5.75 Å². The molecule has 1 aromatic heterocycles. The highest BCUT2D eigenvalue weighted by Crippen LogP contribution is 2.28. The molecule has 0 aliphatic rings. The third kappa shape index (κ3) is 3.35. The third-order valence-corrected chi connectivity index (χ3v) is 4.63. The van der Waals surface area contributed by atoms with E-state index in [4.69, 9.17) is 9.15 Å². The van der Waals surface area contributed by atoms with Crippen LogP contribution in [0.5, 0.6) is 5.75 Å². The Kier molecular flexibility index (Phi) is 4.19. The van der Waals surface area contributed by atoms with E-state index >= 15 is 0 Å². The van der Waals surface area contributed by atoms with Crippen LogP contribution in [0.4, 0.5) is 5.69 Å². The van der Waals surface area contributed by atoms with E-state index in [2.05, 4.69) is 9.71 Å². The van der Waals surface area contributed by atoms with Crippen molar-refractivity contribution in [3.05, 3.63) is 48.4 Å². The van der Waals surface area contributed by atoms with Gasteiger partial charge in [-0.3, -0.25) is 4.72 Å². The maximum atomic E-state index is 12.7. The Balaban J connectivity index is 1.95. The van der Waals surface area contributed by atoms with Gasteiger partial charge in [0.2, 0.25) is 0 Å². The van der Waals surface area contributed by atoms with Gasteiger partial charge in [-0.15, -0.1) is 0 Å². The average Bonchev–Trinajstić information content (AvgIpc) is 2.87. The van der Waals surface area contributed by atoms with Gasteiger partial charge in [0.05, 0.1) is 16.7 Å². The lowest BCUT2D eigenvalue weighted by molar-refractivity contribution is 0.244. The zero-order valence-electron chi connectivity index (χ0n) is 13.6. The number of rotatable bonds is 5. The predicted octanol–water partition coefficient (Wildman–Crippen LogP) is 3.72. The van der Waals surface area contributed by atoms with Crippen molar-refractivity contribution in [2.75, 3.05) is 4.72 Å². The van der Waals surface area contributed by atoms with E-state index in [1.807, 2.05) is 13.8 Å². The molecule has 1 N–H and O–H groups in total. The average molecular weight is 346 g/mol. The van der Waals surface area contributed by atoms with Crippen molar-refractivity contribution in [2.24, 2.45) is 0 Å². The van der Waals surface area contributed by atoms with Gasteiger partial charge in [0, 0.05) is 6.92 Å². The van der Waals surface area contributed by atoms with Crippen LogP contribution in [0.1, 0.15) is 19.7 Å². The second-order valence-corrected chi connectivity index (χ2v) is 7.31. The Labute approximate surface area is 140 Å². The molecule has 2 aromatic carbocycles. The lowest BCUT2D eigenvalue weighted by atomic mass is 10.3. The molecule has 0 saturated heterocycles. The number of fused-ring (bicyclic) bond motifs is 1. The van der Waals surface area contributed by atoms with Crippen molar-refractivity contribution in [1.29, 1.82) is 0 Å². The van der Waals surface area contributed by atoms with Crippen LogP contribution < -0.4 is 9.46 Å². The smallest absolute Gasteiger partial charge is 0.262 e. The molecule has 126 valence electrons. The molecule has 0 aliphatic carbocycles. The molecule has 6 nitrogen and oxygen atoms in total. The fourth-order valence-electron chi connectivity index (χ4n) is 2.30. The molecule has 24 heavy (non-hydrogen) atoms. The summed E-state index contributed by atoms with van der Waals surface area (Å²) in [5.74, 6) is 0.970. The Morgan fingerprint density at radius 2 is 1.92 bits per heavy atom. The zero-order valence-corrected chi connectivity index (χ0v) is 14.4. The van der Waals surface area contributed by atoms with E-state index in [0.717, 1.165) is 0 Å². The molecule has 0 bridgehead atoms. The van der Waals surface area contributed by atoms with Crippen LogP contribution >= 0.6 is 0 Å². The van der Waals surface area contributed by atoms with Gasteiger partial charge in [-0.2, -0.15) is 0 Å². The molecule has 0 fully saturated rings. The molecule has 0 aliphatic heterocycles. The number of benzene rings is 2. The zero-order chi connectivity index (χ0) is 17.3. The van der Waals surface area contributed by atoms with Crippen LogP contribution in [0.15, 0.2) is 51.8 Å². The van der Waals surface area contributed by atoms with Crippen LogP contribution in [0.3, 0.4) is 0 Å². The summed E-state index contributed by atoms with van der Waals surface area (Å²) < 4.78 is 38.9. The fourth-order valence-corrected chi connectivity index (χ4v) is 3.39. The van der Waals surface area contributed by atoms with Crippen molar-refractivity contribution >= 4 is 26.8 Å². The van der Waals surface area contributed by atoms with Crippen LogP contribution in [0, 0.1) is 6.92 Å². The number of aromatic nitrogens is 1. The molecule has 0 radical (unpaired) electrons. The van der Waals surface area contributed by atoms with Gasteiger partial charge in [0.1, 0.15) is 11.3 Å². The number of para-hydroxylation sites is 2. The minimum absolute atomic E-state index is 0.0647. The number of sulfonamides is 1. The summed E-state index contributed by atoms with van der Waals surface area (Å²) in [6, 6.07) is 11.5. The Morgan fingerprint density at radius 3 is 2.67 bits per heavy atom. The monoisotopic (exact) mass is 346 g/mol. The lowest BCUT2D eigenvalue weighted by Crippen LogP contribution is -2.15. The number of hydrogen-bond donors (Lipinski definition) is 1. The molecule has 0 spiro atoms. The summed E-state index contributed by atoms with van der Waals surface area (Å²) in [6.45, 7) is 5.48. The van der Waals surface area contributed by atoms with Gasteiger partial charge in [0.15, 0.2) is 11.5 Å². The maximum Gasteiger partial charge on any atom is 0.262 e. The van der Waals surface area contributed by atoms with E-state index in [-0.39, 0.29) is 11.0 Å². The first-order chi connectivity index (χ1) is 11.3. The van der Waals surface area contributed by atoms with Crippen LogP contribution in [-0.2, 0) is 10.0 Å². The second-order valence-electron chi connectivity index (χ2n) is 5.63. The van der Waals surface area contributed by atoms with Crippen LogP contribution in [0.2, 0.25) is 0 Å². The Morgan fingerprint density at radius 1 is 1.17 bits per heavy atom. The van der Waals surface area contributed by atoms with Crippen molar-refractivity contribution in [3.63, 3.8) is 0 Å². The van der Waals surface area contributed by atoms with Crippen molar-refractivity contribution < 1.29 is 17.6 Å². The maximum absolute atomic E-state index is 12.7. The molecule has 3 rings (SSSR count). The number of nitrogens with one attached hydrogen (secondary N) is 1. The Bertz CT molecular complexity index is 977. The second kappa shape index (κ2) is 6.16. The normalized spacial score (nSPS) is 11.8. The SMILES string of the molecule is Cc1nc2cc(S(=O)(=O)Nc3ccccc3OC(C)C)ccc2o1. The number of aryl methyl sites for hydroxylation is 1. The third-order valence-electron chi connectivity index (χ3n) is 3.27. The molecule has 0 atom stereocenters. The summed E-state index contributed by atoms with van der Waals surface area (Å²) in [4.78, 5) is 4.28. The van der Waals surface area contributed by atoms with E-state index < -0.39 is 10.0 Å². The highest BCUT2D eigenvalue weighted by Gasteiger charge is 2.18. The van der Waals surface area contributed by atoms with Gasteiger partial charge in [-0.25, -0.2) is 13.4 Å². The Hall–Kier alpha value is -2.54. The summed E-state index contributed by atoms with van der Waals surface area (Å²) in [5, 5.41) is 0. The molecule has 3 aromatic rings. The van der Waals surface area contributed by atoms with E-state index in [9.17, 15) is 8.42 Å². The first-order valence-electron chi connectivity index (χ1n) is 7.51. The predicted molar refractivity (Wildman–Crippen MR) is 91.8 cm³/mol. The number of ether oxygens (including phenoxy) is 1. The van der Waals surface area contributed by atoms with E-state index in [1.54, 1.807) is 37.3 Å². The number of anilines is 1. The van der Waals surface area contributed by atoms with Gasteiger partial charge in [-0.1, -0.05) is 12.1 Å². The van der Waals surface area contributed by atoms with Gasteiger partial charge in [0.25, 0.3) is 10.0 Å². The number of nitrogens with zero attached hydrogens (tertiary/aromatic N) is 1. The molecular weight excluding hydrogens is 328 g/mol. The lowest BCUT2D eigenvalue weighted by Gasteiger charge is -2.15. The summed E-state index contributed by atoms with van der Waals surface area (Å²) >= 11 is 0. The highest BCUT2D eigenvalue weighted by atomic mass is 32.2. The standard InChI is InChI=1S/C17H18N2O4S/c1-11(2)22-16-7-5-4-6-14(16)19-24(20,21)13-8-9-17-15(10-13)18-12(3)23-17/h4-11,19H,1-3H3. The molecule has 7 heteroatoms. The fraction of sp³-hybridized carbons (Fsp3) is 0.235. The summed E-state index contributed by atoms with van der Waals surface area (Å²) in [7, 11) is -3.77. The first kappa shape index (κ1) is 16.3. The van der Waals surface area contributed by atoms with Gasteiger partial charge >= 0.3 is 0 Å². The van der Waals surface area contributed by atoms with E-state index in [0.29, 0.717) is 28.4 Å². The largest absolute Gasteiger partial charge is 0.489 e. The minimum Gasteiger partial charge on any atom is -0.489 e. The highest BCUT2D eigenvalue weighted by molar-refractivity contribution is 7.92. The van der Waals surface area contributed by atoms with Crippen LogP contribution in [-0.4, -0.2) is 19.5 Å². The van der Waals surface area contributed by atoms with Crippen LogP contribution in [0.25, 0.3) is 11.1 Å². The topological polar surface area (TPSA) is 81.4 Å². The summed E-state index contributed by atoms with van der Waals surface area (Å²) in [5.41, 5.74) is 1.44. The molecule has 0 unspecified atom stereocenters. The van der Waals surface area contributed by atoms with Gasteiger partial charge < -0.3 is 9.15 Å². The first-order valence-corrected chi connectivity index (χ1v) is 8.99. The van der Waals surface area contributed by atoms with Crippen molar-refractivity contribution in [2.45, 2.75) is 31.8 Å². The molecular formula is C17H18N2O4S.